The van der Waals surface area contributed by atoms with Crippen LogP contribution in [-0.2, 0) is 4.74 Å². The monoisotopic (exact) mass is 435 g/mol. The molecule has 2 aromatic rings. The maximum Gasteiger partial charge on any atom is 0.409 e. The number of halogens is 5. The van der Waals surface area contributed by atoms with Crippen molar-refractivity contribution in [1.82, 2.24) is 15.0 Å². The number of carbonyl (C=O) groups is 1. The van der Waals surface area contributed by atoms with Crippen molar-refractivity contribution in [2.24, 2.45) is 0 Å². The molecule has 6 nitrogen and oxygen atoms in total. The molecule has 1 fully saturated rings. The third-order valence-corrected chi connectivity index (χ3v) is 4.75. The fourth-order valence-corrected chi connectivity index (χ4v) is 3.34. The number of ether oxygens (including phenoxy) is 1. The second kappa shape index (κ2) is 8.58. The Morgan fingerprint density at radius 2 is 1.97 bits per heavy atom. The van der Waals surface area contributed by atoms with Gasteiger partial charge in [0.1, 0.15) is 11.5 Å². The van der Waals surface area contributed by atoms with E-state index in [1.54, 1.807) is 6.92 Å². The molecule has 1 amide bonds. The molecular weight excluding hydrogens is 418 g/mol. The summed E-state index contributed by atoms with van der Waals surface area (Å²) in [5.74, 6) is -0.844. The number of hydrogen-bond acceptors (Lipinski definition) is 5. The Morgan fingerprint density at radius 3 is 2.59 bits per heavy atom. The highest BCUT2D eigenvalue weighted by molar-refractivity contribution is 6.30. The van der Waals surface area contributed by atoms with Gasteiger partial charge >= 0.3 is 12.3 Å². The minimum Gasteiger partial charge on any atom is -0.450 e. The van der Waals surface area contributed by atoms with E-state index < -0.39 is 29.8 Å². The Balaban J connectivity index is 1.82. The quantitative estimate of drug-likeness (QED) is 0.661. The first-order valence-corrected chi connectivity index (χ1v) is 9.23. The maximum atomic E-state index is 14.0. The molecule has 158 valence electrons. The fraction of sp³-hybridized carbons (Fsp3) is 0.444. The second-order valence-corrected chi connectivity index (χ2v) is 6.84. The summed E-state index contributed by atoms with van der Waals surface area (Å²) < 4.78 is 65.3. The number of benzene rings is 1. The van der Waals surface area contributed by atoms with Crippen LogP contribution in [0.1, 0.15) is 18.7 Å². The molecule has 1 unspecified atom stereocenters. The molecule has 1 atom stereocenters. The standard InChI is InChI=1S/C18H18ClF4N3O3/c1-2-28-17(27)26-7-5-25(6-8-26)16(18(21,22)23)14-10-15(29-24-14)12-9-11(19)3-4-13(12)20/h3-4,9-10,16H,2,5-8H2,1H3. The number of rotatable bonds is 4. The highest BCUT2D eigenvalue weighted by atomic mass is 35.5. The van der Waals surface area contributed by atoms with Crippen LogP contribution in [0.5, 0.6) is 0 Å². The van der Waals surface area contributed by atoms with E-state index in [9.17, 15) is 22.4 Å². The summed E-state index contributed by atoms with van der Waals surface area (Å²) >= 11 is 5.83. The van der Waals surface area contributed by atoms with Gasteiger partial charge in [-0.05, 0) is 25.1 Å². The summed E-state index contributed by atoms with van der Waals surface area (Å²) in [5.41, 5.74) is -0.472. The lowest BCUT2D eigenvalue weighted by molar-refractivity contribution is -0.191. The van der Waals surface area contributed by atoms with E-state index >= 15 is 0 Å². The van der Waals surface area contributed by atoms with Crippen molar-refractivity contribution in [3.05, 3.63) is 40.8 Å². The SMILES string of the molecule is CCOC(=O)N1CCN(C(c2cc(-c3cc(Cl)ccc3F)on2)C(F)(F)F)CC1. The summed E-state index contributed by atoms with van der Waals surface area (Å²) in [5, 5.41) is 3.75. The highest BCUT2D eigenvalue weighted by Crippen LogP contribution is 2.39. The van der Waals surface area contributed by atoms with Gasteiger partial charge in [-0.2, -0.15) is 13.2 Å². The Hall–Kier alpha value is -2.33. The highest BCUT2D eigenvalue weighted by Gasteiger charge is 2.47. The Bertz CT molecular complexity index is 866. The molecule has 0 radical (unpaired) electrons. The molecule has 2 heterocycles. The van der Waals surface area contributed by atoms with Gasteiger partial charge in [-0.15, -0.1) is 0 Å². The van der Waals surface area contributed by atoms with Gasteiger partial charge < -0.3 is 14.2 Å². The van der Waals surface area contributed by atoms with Gasteiger partial charge in [-0.25, -0.2) is 9.18 Å². The van der Waals surface area contributed by atoms with Crippen molar-refractivity contribution < 1.29 is 31.6 Å². The predicted octanol–water partition coefficient (Wildman–Crippen LogP) is 4.51. The zero-order valence-electron chi connectivity index (χ0n) is 15.4. The lowest BCUT2D eigenvalue weighted by atomic mass is 10.1. The fourth-order valence-electron chi connectivity index (χ4n) is 3.17. The molecule has 1 aromatic carbocycles. The molecule has 0 spiro atoms. The minimum absolute atomic E-state index is 0.0310. The van der Waals surface area contributed by atoms with Crippen molar-refractivity contribution in [2.45, 2.75) is 19.1 Å². The first kappa shape index (κ1) is 21.4. The number of alkyl halides is 3. The van der Waals surface area contributed by atoms with E-state index in [-0.39, 0.29) is 49.1 Å². The predicted molar refractivity (Wildman–Crippen MR) is 95.9 cm³/mol. The van der Waals surface area contributed by atoms with E-state index in [1.165, 1.54) is 17.0 Å². The third kappa shape index (κ3) is 4.81. The first-order valence-electron chi connectivity index (χ1n) is 8.85. The van der Waals surface area contributed by atoms with Crippen LogP contribution in [0.3, 0.4) is 0 Å². The maximum absolute atomic E-state index is 14.0. The van der Waals surface area contributed by atoms with Gasteiger partial charge in [0.25, 0.3) is 0 Å². The summed E-state index contributed by atoms with van der Waals surface area (Å²) in [6.07, 6.45) is -5.21. The van der Waals surface area contributed by atoms with Crippen molar-refractivity contribution in [2.75, 3.05) is 32.8 Å². The van der Waals surface area contributed by atoms with Gasteiger partial charge in [0.05, 0.1) is 12.2 Å². The van der Waals surface area contributed by atoms with E-state index in [4.69, 9.17) is 20.9 Å². The zero-order valence-corrected chi connectivity index (χ0v) is 16.1. The first-order chi connectivity index (χ1) is 13.7. The van der Waals surface area contributed by atoms with Crippen LogP contribution in [-0.4, -0.2) is 60.0 Å². The van der Waals surface area contributed by atoms with Crippen LogP contribution >= 0.6 is 11.6 Å². The molecule has 0 aliphatic carbocycles. The van der Waals surface area contributed by atoms with Gasteiger partial charge in [0.2, 0.25) is 0 Å². The van der Waals surface area contributed by atoms with Crippen LogP contribution < -0.4 is 0 Å². The van der Waals surface area contributed by atoms with Crippen LogP contribution in [0.4, 0.5) is 22.4 Å². The van der Waals surface area contributed by atoms with Crippen LogP contribution in [0, 0.1) is 5.82 Å². The number of carbonyl (C=O) groups excluding carboxylic acids is 1. The van der Waals surface area contributed by atoms with Crippen LogP contribution in [0.15, 0.2) is 28.8 Å². The molecule has 3 rings (SSSR count). The topological polar surface area (TPSA) is 58.8 Å². The normalized spacial score (nSPS) is 16.7. The third-order valence-electron chi connectivity index (χ3n) is 4.52. The Labute approximate surface area is 168 Å². The smallest absolute Gasteiger partial charge is 0.409 e. The van der Waals surface area contributed by atoms with Crippen molar-refractivity contribution in [1.29, 1.82) is 0 Å². The molecule has 0 saturated carbocycles. The molecule has 1 aliphatic rings. The van der Waals surface area contributed by atoms with Gasteiger partial charge in [0.15, 0.2) is 11.8 Å². The van der Waals surface area contributed by atoms with E-state index in [1.807, 2.05) is 0 Å². The molecule has 11 heteroatoms. The molecular formula is C18H18ClF4N3O3. The molecule has 29 heavy (non-hydrogen) atoms. The molecule has 1 aliphatic heterocycles. The largest absolute Gasteiger partial charge is 0.450 e. The van der Waals surface area contributed by atoms with E-state index in [2.05, 4.69) is 5.16 Å². The van der Waals surface area contributed by atoms with Crippen LogP contribution in [0.25, 0.3) is 11.3 Å². The summed E-state index contributed by atoms with van der Waals surface area (Å²) in [7, 11) is 0. The summed E-state index contributed by atoms with van der Waals surface area (Å²) in [6, 6.07) is 2.67. The Kier molecular flexibility index (Phi) is 6.33. The Morgan fingerprint density at radius 1 is 1.28 bits per heavy atom. The summed E-state index contributed by atoms with van der Waals surface area (Å²) in [4.78, 5) is 14.3. The molecule has 0 bridgehead atoms. The average Bonchev–Trinajstić information content (AvgIpc) is 3.12. The van der Waals surface area contributed by atoms with Gasteiger partial charge in [-0.1, -0.05) is 16.8 Å². The molecule has 0 N–H and O–H groups in total. The zero-order chi connectivity index (χ0) is 21.2. The lowest BCUT2D eigenvalue weighted by Gasteiger charge is -2.38. The summed E-state index contributed by atoms with van der Waals surface area (Å²) in [6.45, 7) is 1.94. The number of piperazine rings is 1. The van der Waals surface area contributed by atoms with Crippen molar-refractivity contribution >= 4 is 17.7 Å². The van der Waals surface area contributed by atoms with E-state index in [0.717, 1.165) is 17.0 Å². The van der Waals surface area contributed by atoms with Gasteiger partial charge in [-0.3, -0.25) is 4.90 Å². The number of aromatic nitrogens is 1. The lowest BCUT2D eigenvalue weighted by Crippen LogP contribution is -2.52. The van der Waals surface area contributed by atoms with Gasteiger partial charge in [0, 0.05) is 37.3 Å². The number of hydrogen-bond donors (Lipinski definition) is 0. The molecule has 1 saturated heterocycles. The average molecular weight is 436 g/mol. The number of amides is 1. The van der Waals surface area contributed by atoms with E-state index in [0.29, 0.717) is 0 Å². The van der Waals surface area contributed by atoms with Crippen molar-refractivity contribution in [3.8, 4) is 11.3 Å². The minimum atomic E-state index is -4.65. The number of nitrogens with zero attached hydrogens (tertiary/aromatic N) is 3. The van der Waals surface area contributed by atoms with Crippen molar-refractivity contribution in [3.63, 3.8) is 0 Å². The second-order valence-electron chi connectivity index (χ2n) is 6.41. The molecule has 1 aromatic heterocycles. The van der Waals surface area contributed by atoms with Crippen LogP contribution in [0.2, 0.25) is 5.02 Å².